The molecule has 11 heteroatoms. The number of nitrogens with zero attached hydrogens (tertiary/aromatic N) is 2. The number of nitrogens with two attached hydrogens (primary N) is 1. The Kier molecular flexibility index (Phi) is 4.87. The lowest BCUT2D eigenvalue weighted by atomic mass is 9.80. The van der Waals surface area contributed by atoms with Gasteiger partial charge in [-0.3, -0.25) is 0 Å². The maximum Gasteiger partial charge on any atom is 0.402 e. The summed E-state index contributed by atoms with van der Waals surface area (Å²) in [6, 6.07) is 0. The summed E-state index contributed by atoms with van der Waals surface area (Å²) >= 11 is 0. The highest BCUT2D eigenvalue weighted by molar-refractivity contribution is 7.87. The molecule has 0 radical (unpaired) electrons. The second-order valence-electron chi connectivity index (χ2n) is 4.89. The van der Waals surface area contributed by atoms with Crippen molar-refractivity contribution in [1.29, 1.82) is 0 Å². The molecule has 7 nitrogen and oxygen atoms in total. The lowest BCUT2D eigenvalue weighted by Gasteiger charge is -2.37. The zero-order chi connectivity index (χ0) is 15.6. The van der Waals surface area contributed by atoms with E-state index in [-0.39, 0.29) is 31.8 Å². The molecule has 1 aliphatic heterocycles. The quantitative estimate of drug-likeness (QED) is 0.298. The van der Waals surface area contributed by atoms with E-state index in [1.54, 1.807) is 6.92 Å². The number of rotatable bonds is 4. The molecule has 0 bridgehead atoms. The fourth-order valence-electron chi connectivity index (χ4n) is 1.86. The van der Waals surface area contributed by atoms with E-state index in [4.69, 9.17) is 10.9 Å². The van der Waals surface area contributed by atoms with Gasteiger partial charge in [0.05, 0.1) is 0 Å². The van der Waals surface area contributed by atoms with Crippen LogP contribution in [0.5, 0.6) is 0 Å². The zero-order valence-electron chi connectivity index (χ0n) is 10.8. The van der Waals surface area contributed by atoms with Crippen molar-refractivity contribution < 1.29 is 26.8 Å². The molecule has 0 spiro atoms. The number of amidine groups is 1. The van der Waals surface area contributed by atoms with Crippen molar-refractivity contribution >= 4 is 16.0 Å². The van der Waals surface area contributed by atoms with Crippen molar-refractivity contribution in [2.24, 2.45) is 16.3 Å². The van der Waals surface area contributed by atoms with E-state index >= 15 is 0 Å². The van der Waals surface area contributed by atoms with Crippen LogP contribution in [0.15, 0.2) is 5.16 Å². The summed E-state index contributed by atoms with van der Waals surface area (Å²) < 4.78 is 61.9. The minimum absolute atomic E-state index is 0.0000888. The first-order valence-electron chi connectivity index (χ1n) is 5.80. The highest BCUT2D eigenvalue weighted by atomic mass is 32.2. The lowest BCUT2D eigenvalue weighted by Crippen LogP contribution is -2.51. The topological polar surface area (TPSA) is 108 Å². The number of nitrogens with one attached hydrogen (secondary N) is 1. The molecular formula is C9H17F3N4O3S. The molecule has 1 fully saturated rings. The molecule has 0 atom stereocenters. The van der Waals surface area contributed by atoms with Crippen molar-refractivity contribution in [1.82, 2.24) is 9.03 Å². The van der Waals surface area contributed by atoms with Crippen LogP contribution in [0.2, 0.25) is 0 Å². The van der Waals surface area contributed by atoms with E-state index in [0.29, 0.717) is 0 Å². The molecule has 0 amide bonds. The van der Waals surface area contributed by atoms with Gasteiger partial charge in [-0.15, -0.1) is 0 Å². The minimum atomic E-state index is -4.61. The van der Waals surface area contributed by atoms with Gasteiger partial charge >= 0.3 is 6.18 Å². The maximum atomic E-state index is 12.0. The van der Waals surface area contributed by atoms with Gasteiger partial charge in [-0.2, -0.15) is 30.6 Å². The van der Waals surface area contributed by atoms with Gasteiger partial charge in [0.15, 0.2) is 0 Å². The van der Waals surface area contributed by atoms with Crippen LogP contribution in [0.25, 0.3) is 0 Å². The number of hydrogen-bond donors (Lipinski definition) is 3. The molecule has 1 saturated heterocycles. The van der Waals surface area contributed by atoms with Gasteiger partial charge in [-0.1, -0.05) is 12.1 Å². The second-order valence-corrected chi connectivity index (χ2v) is 6.64. The molecule has 0 unspecified atom stereocenters. The Labute approximate surface area is 114 Å². The summed E-state index contributed by atoms with van der Waals surface area (Å²) in [5.41, 5.74) is 4.86. The van der Waals surface area contributed by atoms with Gasteiger partial charge in [0.1, 0.15) is 12.4 Å². The Bertz CT molecular complexity index is 469. The van der Waals surface area contributed by atoms with Crippen LogP contribution in [0.3, 0.4) is 0 Å². The Balaban J connectivity index is 2.65. The fourth-order valence-corrected chi connectivity index (χ4v) is 3.05. The first-order chi connectivity index (χ1) is 9.00. The predicted octanol–water partition coefficient (Wildman–Crippen LogP) is 0.232. The van der Waals surface area contributed by atoms with E-state index in [1.165, 1.54) is 4.72 Å². The summed E-state index contributed by atoms with van der Waals surface area (Å²) in [6.07, 6.45) is -4.09. The summed E-state index contributed by atoms with van der Waals surface area (Å²) in [6.45, 7) is 0.0955. The Morgan fingerprint density at radius 2 is 1.95 bits per heavy atom. The third-order valence-corrected chi connectivity index (χ3v) is 4.90. The second kappa shape index (κ2) is 5.74. The van der Waals surface area contributed by atoms with Crippen molar-refractivity contribution in [3.63, 3.8) is 0 Å². The molecule has 0 aromatic carbocycles. The third-order valence-electron chi connectivity index (χ3n) is 3.35. The summed E-state index contributed by atoms with van der Waals surface area (Å²) in [4.78, 5) is 0. The number of hydrogen-bond acceptors (Lipinski definition) is 4. The van der Waals surface area contributed by atoms with Crippen LogP contribution in [0, 0.1) is 5.41 Å². The third kappa shape index (κ3) is 4.21. The molecule has 1 aliphatic rings. The van der Waals surface area contributed by atoms with E-state index < -0.39 is 28.3 Å². The standard InChI is InChI=1S/C9H17F3N4O3S/c1-8(7(13)15-17)2-4-16(5-3-8)20(18,19)14-6-9(10,11)12/h14,17H,2-6H2,1H3,(H2,13,15). The summed E-state index contributed by atoms with van der Waals surface area (Å²) in [5.74, 6) is -0.0159. The van der Waals surface area contributed by atoms with Gasteiger partial charge in [0.25, 0.3) is 10.2 Å². The van der Waals surface area contributed by atoms with Crippen molar-refractivity contribution in [3.05, 3.63) is 0 Å². The monoisotopic (exact) mass is 318 g/mol. The number of halogens is 3. The van der Waals surface area contributed by atoms with Gasteiger partial charge < -0.3 is 10.9 Å². The molecule has 4 N–H and O–H groups in total. The molecule has 0 aliphatic carbocycles. The normalized spacial score (nSPS) is 21.9. The number of piperidine rings is 1. The summed E-state index contributed by atoms with van der Waals surface area (Å²) in [7, 11) is -4.18. The average molecular weight is 318 g/mol. The van der Waals surface area contributed by atoms with E-state index in [0.717, 1.165) is 4.31 Å². The molecule has 0 saturated carbocycles. The molecule has 1 heterocycles. The maximum absolute atomic E-state index is 12.0. The molecule has 0 aromatic heterocycles. The Morgan fingerprint density at radius 3 is 2.35 bits per heavy atom. The Hall–Kier alpha value is -1.07. The Morgan fingerprint density at radius 1 is 1.45 bits per heavy atom. The van der Waals surface area contributed by atoms with Crippen LogP contribution in [-0.4, -0.2) is 49.6 Å². The van der Waals surface area contributed by atoms with Gasteiger partial charge in [0, 0.05) is 18.5 Å². The van der Waals surface area contributed by atoms with Crippen LogP contribution in [0.1, 0.15) is 19.8 Å². The molecule has 20 heavy (non-hydrogen) atoms. The first-order valence-corrected chi connectivity index (χ1v) is 7.24. The number of oxime groups is 1. The molecular weight excluding hydrogens is 301 g/mol. The highest BCUT2D eigenvalue weighted by Crippen LogP contribution is 2.31. The van der Waals surface area contributed by atoms with E-state index in [1.807, 2.05) is 0 Å². The van der Waals surface area contributed by atoms with Crippen LogP contribution in [0.4, 0.5) is 13.2 Å². The van der Waals surface area contributed by atoms with Crippen LogP contribution in [-0.2, 0) is 10.2 Å². The lowest BCUT2D eigenvalue weighted by molar-refractivity contribution is -0.121. The molecule has 118 valence electrons. The fraction of sp³-hybridized carbons (Fsp3) is 0.889. The van der Waals surface area contributed by atoms with E-state index in [2.05, 4.69) is 5.16 Å². The summed E-state index contributed by atoms with van der Waals surface area (Å²) in [5, 5.41) is 11.5. The van der Waals surface area contributed by atoms with Gasteiger partial charge in [-0.05, 0) is 12.8 Å². The van der Waals surface area contributed by atoms with Crippen LogP contribution >= 0.6 is 0 Å². The van der Waals surface area contributed by atoms with Crippen molar-refractivity contribution in [2.45, 2.75) is 25.9 Å². The SMILES string of the molecule is CC1(C(N)=NO)CCN(S(=O)(=O)NCC(F)(F)F)CC1. The minimum Gasteiger partial charge on any atom is -0.409 e. The predicted molar refractivity (Wildman–Crippen MR) is 65.3 cm³/mol. The first kappa shape index (κ1) is 17.0. The largest absolute Gasteiger partial charge is 0.409 e. The molecule has 1 rings (SSSR count). The van der Waals surface area contributed by atoms with Crippen molar-refractivity contribution in [3.8, 4) is 0 Å². The average Bonchev–Trinajstić information content (AvgIpc) is 2.35. The highest BCUT2D eigenvalue weighted by Gasteiger charge is 2.39. The van der Waals surface area contributed by atoms with Gasteiger partial charge in [-0.25, -0.2) is 0 Å². The smallest absolute Gasteiger partial charge is 0.402 e. The van der Waals surface area contributed by atoms with Crippen LogP contribution < -0.4 is 10.5 Å². The molecule has 0 aromatic rings. The van der Waals surface area contributed by atoms with Gasteiger partial charge in [0.2, 0.25) is 0 Å². The zero-order valence-corrected chi connectivity index (χ0v) is 11.6. The van der Waals surface area contributed by atoms with E-state index in [9.17, 15) is 21.6 Å². The number of alkyl halides is 3. The van der Waals surface area contributed by atoms with Crippen molar-refractivity contribution in [2.75, 3.05) is 19.6 Å².